The normalized spacial score (nSPS) is 13.8. The Balaban J connectivity index is 1.65. The maximum Gasteiger partial charge on any atom is 0.407 e. The highest BCUT2D eigenvalue weighted by atomic mass is 16.5. The summed E-state index contributed by atoms with van der Waals surface area (Å²) in [6.07, 6.45) is 0.0213. The third-order valence-corrected chi connectivity index (χ3v) is 5.79. The van der Waals surface area contributed by atoms with Crippen molar-refractivity contribution < 1.29 is 34.1 Å². The lowest BCUT2D eigenvalue weighted by atomic mass is 9.98. The van der Waals surface area contributed by atoms with Crippen molar-refractivity contribution in [2.24, 2.45) is 0 Å². The topological polar surface area (TPSA) is 142 Å². The fourth-order valence-corrected chi connectivity index (χ4v) is 4.11. The van der Waals surface area contributed by atoms with Crippen LogP contribution in [0.2, 0.25) is 0 Å². The van der Waals surface area contributed by atoms with Crippen molar-refractivity contribution in [1.82, 2.24) is 10.6 Å². The number of carboxylic acid groups (broad SMARTS) is 2. The van der Waals surface area contributed by atoms with Crippen LogP contribution in [0.25, 0.3) is 11.1 Å². The number of carbonyl (C=O) groups is 4. The molecular weight excluding hydrogens is 440 g/mol. The lowest BCUT2D eigenvalue weighted by Crippen LogP contribution is -2.52. The molecule has 0 saturated heterocycles. The molecular formula is C25H28N2O7. The van der Waals surface area contributed by atoms with E-state index in [1.165, 1.54) is 0 Å². The molecule has 2 atom stereocenters. The SMILES string of the molecule is CCCC[C@H](NC(=O)OCC1c2ccccc2-c2ccccc21)C(=O)N[C@@H](CC(=O)O)C(=O)O. The average molecular weight is 469 g/mol. The molecule has 0 heterocycles. The summed E-state index contributed by atoms with van der Waals surface area (Å²) in [4.78, 5) is 47.4. The van der Waals surface area contributed by atoms with Gasteiger partial charge in [-0.15, -0.1) is 0 Å². The standard InChI is InChI=1S/C25H28N2O7/c1-2-3-12-20(23(30)26-21(24(31)32)13-22(28)29)27-25(33)34-14-19-17-10-6-4-8-15(17)16-9-5-7-11-18(16)19/h4-11,19-21H,2-3,12-14H2,1H3,(H,26,30)(H,27,33)(H,28,29)(H,31,32)/t20-,21-/m0/s1. The fraction of sp³-hybridized carbons (Fsp3) is 0.360. The number of rotatable bonds is 11. The number of ether oxygens (including phenoxy) is 1. The van der Waals surface area contributed by atoms with Gasteiger partial charge in [0.2, 0.25) is 5.91 Å². The Morgan fingerprint density at radius 3 is 2.03 bits per heavy atom. The summed E-state index contributed by atoms with van der Waals surface area (Å²) in [5.41, 5.74) is 4.28. The van der Waals surface area contributed by atoms with Crippen molar-refractivity contribution >= 4 is 23.9 Å². The van der Waals surface area contributed by atoms with Crippen LogP contribution in [0.5, 0.6) is 0 Å². The predicted molar refractivity (Wildman–Crippen MR) is 123 cm³/mol. The van der Waals surface area contributed by atoms with E-state index in [1.807, 2.05) is 55.5 Å². The van der Waals surface area contributed by atoms with Crippen molar-refractivity contribution in [2.75, 3.05) is 6.61 Å². The van der Waals surface area contributed by atoms with Crippen LogP contribution in [0.4, 0.5) is 4.79 Å². The maximum atomic E-state index is 12.6. The monoisotopic (exact) mass is 468 g/mol. The fourth-order valence-electron chi connectivity index (χ4n) is 4.11. The molecule has 0 radical (unpaired) electrons. The first-order valence-corrected chi connectivity index (χ1v) is 11.2. The van der Waals surface area contributed by atoms with Gasteiger partial charge in [-0.1, -0.05) is 68.3 Å². The molecule has 0 aliphatic heterocycles. The smallest absolute Gasteiger partial charge is 0.407 e. The Kier molecular flexibility index (Phi) is 8.24. The summed E-state index contributed by atoms with van der Waals surface area (Å²) in [6, 6.07) is 13.2. The van der Waals surface area contributed by atoms with Gasteiger partial charge in [0, 0.05) is 5.92 Å². The summed E-state index contributed by atoms with van der Waals surface area (Å²) < 4.78 is 5.48. The summed E-state index contributed by atoms with van der Waals surface area (Å²) in [6.45, 7) is 1.98. The molecule has 4 N–H and O–H groups in total. The second-order valence-corrected chi connectivity index (χ2v) is 8.16. The van der Waals surface area contributed by atoms with Gasteiger partial charge in [-0.2, -0.15) is 0 Å². The molecule has 9 heteroatoms. The zero-order valence-electron chi connectivity index (χ0n) is 18.8. The van der Waals surface area contributed by atoms with Crippen LogP contribution < -0.4 is 10.6 Å². The van der Waals surface area contributed by atoms with Crippen molar-refractivity contribution in [1.29, 1.82) is 0 Å². The first-order valence-electron chi connectivity index (χ1n) is 11.2. The van der Waals surface area contributed by atoms with E-state index in [2.05, 4.69) is 10.6 Å². The second-order valence-electron chi connectivity index (χ2n) is 8.16. The first-order chi connectivity index (χ1) is 16.3. The Morgan fingerprint density at radius 1 is 0.912 bits per heavy atom. The molecule has 0 spiro atoms. The van der Waals surface area contributed by atoms with Crippen LogP contribution in [0, 0.1) is 0 Å². The quantitative estimate of drug-likeness (QED) is 0.397. The number of benzene rings is 2. The van der Waals surface area contributed by atoms with Crippen molar-refractivity contribution in [3.05, 3.63) is 59.7 Å². The van der Waals surface area contributed by atoms with E-state index in [0.717, 1.165) is 28.7 Å². The van der Waals surface area contributed by atoms with E-state index in [1.54, 1.807) is 0 Å². The minimum absolute atomic E-state index is 0.0682. The Hall–Kier alpha value is -3.88. The number of unbranched alkanes of at least 4 members (excludes halogenated alkanes) is 1. The van der Waals surface area contributed by atoms with Crippen molar-refractivity contribution in [2.45, 2.75) is 50.6 Å². The number of carbonyl (C=O) groups excluding carboxylic acids is 2. The van der Waals surface area contributed by atoms with Gasteiger partial charge in [-0.05, 0) is 28.7 Å². The minimum Gasteiger partial charge on any atom is -0.481 e. The number of hydrogen-bond donors (Lipinski definition) is 4. The summed E-state index contributed by atoms with van der Waals surface area (Å²) >= 11 is 0. The molecule has 2 aromatic carbocycles. The van der Waals surface area contributed by atoms with Crippen molar-refractivity contribution in [3.63, 3.8) is 0 Å². The molecule has 1 aliphatic carbocycles. The molecule has 180 valence electrons. The van der Waals surface area contributed by atoms with Crippen molar-refractivity contribution in [3.8, 4) is 11.1 Å². The Morgan fingerprint density at radius 2 is 1.50 bits per heavy atom. The molecule has 0 fully saturated rings. The maximum absolute atomic E-state index is 12.6. The number of amides is 2. The highest BCUT2D eigenvalue weighted by molar-refractivity contribution is 5.90. The van der Waals surface area contributed by atoms with Crippen LogP contribution in [0.1, 0.15) is 49.7 Å². The molecule has 0 saturated carbocycles. The third kappa shape index (κ3) is 5.92. The number of aliphatic carboxylic acids is 2. The zero-order valence-corrected chi connectivity index (χ0v) is 18.8. The number of carboxylic acids is 2. The number of nitrogens with one attached hydrogen (secondary N) is 2. The highest BCUT2D eigenvalue weighted by Gasteiger charge is 2.31. The summed E-state index contributed by atoms with van der Waals surface area (Å²) in [5.74, 6) is -3.74. The van der Waals surface area contributed by atoms with Gasteiger partial charge >= 0.3 is 18.0 Å². The first kappa shape index (κ1) is 24.8. The zero-order chi connectivity index (χ0) is 24.7. The molecule has 3 rings (SSSR count). The van der Waals surface area contributed by atoms with Crippen LogP contribution in [0.3, 0.4) is 0 Å². The lowest BCUT2D eigenvalue weighted by Gasteiger charge is -2.21. The minimum atomic E-state index is -1.60. The van der Waals surface area contributed by atoms with E-state index in [9.17, 15) is 24.3 Å². The van der Waals surface area contributed by atoms with E-state index in [4.69, 9.17) is 9.84 Å². The van der Waals surface area contributed by atoms with Crippen LogP contribution >= 0.6 is 0 Å². The Bertz CT molecular complexity index is 1020. The predicted octanol–water partition coefficient (Wildman–Crippen LogP) is 3.13. The van der Waals surface area contributed by atoms with E-state index >= 15 is 0 Å². The lowest BCUT2D eigenvalue weighted by molar-refractivity contribution is -0.147. The van der Waals surface area contributed by atoms with Gasteiger partial charge < -0.3 is 25.6 Å². The molecule has 9 nitrogen and oxygen atoms in total. The van der Waals surface area contributed by atoms with E-state index < -0.39 is 42.4 Å². The number of hydrogen-bond acceptors (Lipinski definition) is 5. The number of fused-ring (bicyclic) bond motifs is 3. The molecule has 2 amide bonds. The highest BCUT2D eigenvalue weighted by Crippen LogP contribution is 2.44. The summed E-state index contributed by atoms with van der Waals surface area (Å²) in [5, 5.41) is 22.8. The van der Waals surface area contributed by atoms with Gasteiger partial charge in [0.25, 0.3) is 0 Å². The van der Waals surface area contributed by atoms with E-state index in [-0.39, 0.29) is 18.9 Å². The van der Waals surface area contributed by atoms with Gasteiger partial charge in [0.05, 0.1) is 6.42 Å². The van der Waals surface area contributed by atoms with Crippen LogP contribution in [-0.4, -0.2) is 52.8 Å². The van der Waals surface area contributed by atoms with Gasteiger partial charge in [0.15, 0.2) is 0 Å². The largest absolute Gasteiger partial charge is 0.481 e. The molecule has 1 aliphatic rings. The molecule has 34 heavy (non-hydrogen) atoms. The molecule has 0 bridgehead atoms. The van der Waals surface area contributed by atoms with Gasteiger partial charge in [-0.3, -0.25) is 9.59 Å². The Labute approximate surface area is 197 Å². The second kappa shape index (κ2) is 11.3. The van der Waals surface area contributed by atoms with Crippen LogP contribution in [-0.2, 0) is 19.1 Å². The van der Waals surface area contributed by atoms with Gasteiger partial charge in [-0.25, -0.2) is 9.59 Å². The average Bonchev–Trinajstić information content (AvgIpc) is 3.13. The molecule has 0 aromatic heterocycles. The molecule has 0 unspecified atom stereocenters. The van der Waals surface area contributed by atoms with Gasteiger partial charge in [0.1, 0.15) is 18.7 Å². The molecule has 2 aromatic rings. The number of alkyl carbamates (subject to hydrolysis) is 1. The summed E-state index contributed by atoms with van der Waals surface area (Å²) in [7, 11) is 0. The van der Waals surface area contributed by atoms with E-state index in [0.29, 0.717) is 6.42 Å². The third-order valence-electron chi connectivity index (χ3n) is 5.79. The van der Waals surface area contributed by atoms with Crippen LogP contribution in [0.15, 0.2) is 48.5 Å².